The van der Waals surface area contributed by atoms with Crippen LogP contribution < -0.4 is 16.2 Å². The van der Waals surface area contributed by atoms with E-state index >= 15 is 0 Å². The molecule has 3 atom stereocenters. The average Bonchev–Trinajstić information content (AvgIpc) is 2.68. The molecule has 2 fully saturated rings. The number of hydrogen-bond acceptors (Lipinski definition) is 3. The van der Waals surface area contributed by atoms with Gasteiger partial charge in [-0.2, -0.15) is 0 Å². The Kier molecular flexibility index (Phi) is 3.42. The Labute approximate surface area is 87.0 Å². The minimum atomic E-state index is 0.668. The molecule has 0 amide bonds. The van der Waals surface area contributed by atoms with E-state index < -0.39 is 0 Å². The summed E-state index contributed by atoms with van der Waals surface area (Å²) in [5, 5.41) is 3.49. The summed E-state index contributed by atoms with van der Waals surface area (Å²) < 4.78 is 0. The molecule has 3 heteroatoms. The maximum Gasteiger partial charge on any atom is 0.0268 e. The summed E-state index contributed by atoms with van der Waals surface area (Å²) >= 11 is 0. The molecule has 0 aliphatic carbocycles. The summed E-state index contributed by atoms with van der Waals surface area (Å²) in [5.41, 5.74) is 6.89. The topological polar surface area (TPSA) is 36.1 Å². The van der Waals surface area contributed by atoms with Gasteiger partial charge >= 0.3 is 0 Å². The molecule has 82 valence electrons. The third-order valence-corrected chi connectivity index (χ3v) is 3.67. The van der Waals surface area contributed by atoms with Crippen molar-refractivity contribution in [3.05, 3.63) is 0 Å². The zero-order chi connectivity index (χ0) is 9.97. The van der Waals surface area contributed by atoms with E-state index in [1.54, 1.807) is 0 Å². The summed E-state index contributed by atoms with van der Waals surface area (Å²) in [7, 11) is 0. The van der Waals surface area contributed by atoms with E-state index in [0.717, 1.165) is 11.8 Å². The molecule has 0 radical (unpaired) electrons. The highest BCUT2D eigenvalue weighted by Crippen LogP contribution is 2.23. The van der Waals surface area contributed by atoms with E-state index in [1.165, 1.54) is 32.4 Å². The zero-order valence-corrected chi connectivity index (χ0v) is 9.34. The van der Waals surface area contributed by atoms with Crippen molar-refractivity contribution < 1.29 is 0 Å². The molecule has 2 heterocycles. The van der Waals surface area contributed by atoms with Gasteiger partial charge in [-0.1, -0.05) is 13.8 Å². The van der Waals surface area contributed by atoms with Crippen LogP contribution in [0.1, 0.15) is 33.1 Å². The SMILES string of the molecule is CC(C)C1CC(C2CCCNC2)NN1. The fraction of sp³-hybridized carbons (Fsp3) is 1.00. The Balaban J connectivity index is 1.82. The fourth-order valence-electron chi connectivity index (χ4n) is 2.58. The van der Waals surface area contributed by atoms with Gasteiger partial charge < -0.3 is 5.32 Å². The predicted molar refractivity (Wildman–Crippen MR) is 58.9 cm³/mol. The lowest BCUT2D eigenvalue weighted by Crippen LogP contribution is -2.43. The van der Waals surface area contributed by atoms with Crippen LogP contribution in [0, 0.1) is 11.8 Å². The van der Waals surface area contributed by atoms with Gasteiger partial charge in [0.1, 0.15) is 0 Å². The monoisotopic (exact) mass is 197 g/mol. The fourth-order valence-corrected chi connectivity index (χ4v) is 2.58. The van der Waals surface area contributed by atoms with Gasteiger partial charge in [-0.05, 0) is 44.2 Å². The summed E-state index contributed by atoms with van der Waals surface area (Å²) in [4.78, 5) is 0. The molecule has 0 aromatic heterocycles. The minimum Gasteiger partial charge on any atom is -0.316 e. The molecule has 3 nitrogen and oxygen atoms in total. The number of nitrogens with one attached hydrogen (secondary N) is 3. The number of piperidine rings is 1. The molecule has 2 aliphatic heterocycles. The largest absolute Gasteiger partial charge is 0.316 e. The van der Waals surface area contributed by atoms with Crippen LogP contribution in [0.3, 0.4) is 0 Å². The van der Waals surface area contributed by atoms with Gasteiger partial charge in [0, 0.05) is 12.1 Å². The van der Waals surface area contributed by atoms with Crippen LogP contribution in [0.5, 0.6) is 0 Å². The Morgan fingerprint density at radius 2 is 2.07 bits per heavy atom. The van der Waals surface area contributed by atoms with Crippen LogP contribution in [0.15, 0.2) is 0 Å². The van der Waals surface area contributed by atoms with Crippen LogP contribution in [0.4, 0.5) is 0 Å². The van der Waals surface area contributed by atoms with Crippen molar-refractivity contribution in [2.75, 3.05) is 13.1 Å². The standard InChI is InChI=1S/C11H23N3/c1-8(2)10-6-11(14-13-10)9-4-3-5-12-7-9/h8-14H,3-7H2,1-2H3. The Morgan fingerprint density at radius 1 is 1.21 bits per heavy atom. The molecule has 3 N–H and O–H groups in total. The highest BCUT2D eigenvalue weighted by atomic mass is 15.4. The van der Waals surface area contributed by atoms with E-state index in [4.69, 9.17) is 0 Å². The lowest BCUT2D eigenvalue weighted by molar-refractivity contribution is 0.296. The molecular formula is C11H23N3. The van der Waals surface area contributed by atoms with Gasteiger partial charge in [0.05, 0.1) is 0 Å². The van der Waals surface area contributed by atoms with E-state index in [1.807, 2.05) is 0 Å². The number of rotatable bonds is 2. The van der Waals surface area contributed by atoms with Crippen LogP contribution in [0.2, 0.25) is 0 Å². The summed E-state index contributed by atoms with van der Waals surface area (Å²) in [6.45, 7) is 7.00. The van der Waals surface area contributed by atoms with Crippen molar-refractivity contribution in [3.63, 3.8) is 0 Å². The van der Waals surface area contributed by atoms with Gasteiger partial charge in [-0.3, -0.25) is 10.9 Å². The van der Waals surface area contributed by atoms with Crippen molar-refractivity contribution in [1.29, 1.82) is 0 Å². The molecule has 0 spiro atoms. The maximum atomic E-state index is 3.49. The third kappa shape index (κ3) is 2.27. The number of hydrazine groups is 1. The normalized spacial score (nSPS) is 39.2. The number of hydrogen-bond donors (Lipinski definition) is 3. The second-order valence-electron chi connectivity index (χ2n) is 5.09. The highest BCUT2D eigenvalue weighted by molar-refractivity contribution is 4.89. The van der Waals surface area contributed by atoms with Gasteiger partial charge in [0.2, 0.25) is 0 Å². The average molecular weight is 197 g/mol. The van der Waals surface area contributed by atoms with Crippen LogP contribution in [-0.4, -0.2) is 25.2 Å². The molecule has 0 aromatic rings. The lowest BCUT2D eigenvalue weighted by atomic mass is 9.87. The van der Waals surface area contributed by atoms with Crippen molar-refractivity contribution >= 4 is 0 Å². The van der Waals surface area contributed by atoms with Crippen molar-refractivity contribution in [2.24, 2.45) is 11.8 Å². The lowest BCUT2D eigenvalue weighted by Gasteiger charge is -2.27. The summed E-state index contributed by atoms with van der Waals surface area (Å²) in [6.07, 6.45) is 4.02. The molecule has 0 saturated carbocycles. The smallest absolute Gasteiger partial charge is 0.0268 e. The first-order chi connectivity index (χ1) is 6.77. The van der Waals surface area contributed by atoms with Crippen LogP contribution in [0.25, 0.3) is 0 Å². The van der Waals surface area contributed by atoms with E-state index in [9.17, 15) is 0 Å². The molecule has 0 bridgehead atoms. The summed E-state index contributed by atoms with van der Waals surface area (Å²) in [6, 6.07) is 1.36. The van der Waals surface area contributed by atoms with E-state index in [0.29, 0.717) is 12.1 Å². The Morgan fingerprint density at radius 3 is 2.64 bits per heavy atom. The van der Waals surface area contributed by atoms with Crippen molar-refractivity contribution in [3.8, 4) is 0 Å². The molecule has 2 rings (SSSR count). The second kappa shape index (κ2) is 4.60. The first-order valence-electron chi connectivity index (χ1n) is 5.99. The first kappa shape index (κ1) is 10.4. The van der Waals surface area contributed by atoms with Gasteiger partial charge in [-0.15, -0.1) is 0 Å². The molecule has 2 aliphatic rings. The quantitative estimate of drug-likeness (QED) is 0.615. The van der Waals surface area contributed by atoms with Crippen molar-refractivity contribution in [1.82, 2.24) is 16.2 Å². The maximum absolute atomic E-state index is 3.49. The van der Waals surface area contributed by atoms with Crippen molar-refractivity contribution in [2.45, 2.75) is 45.2 Å². The van der Waals surface area contributed by atoms with Crippen LogP contribution >= 0.6 is 0 Å². The van der Waals surface area contributed by atoms with E-state index in [-0.39, 0.29) is 0 Å². The third-order valence-electron chi connectivity index (χ3n) is 3.67. The second-order valence-corrected chi connectivity index (χ2v) is 5.09. The molecule has 3 unspecified atom stereocenters. The van der Waals surface area contributed by atoms with Gasteiger partial charge in [-0.25, -0.2) is 0 Å². The molecular weight excluding hydrogens is 174 g/mol. The molecule has 2 saturated heterocycles. The Bertz CT molecular complexity index is 175. The zero-order valence-electron chi connectivity index (χ0n) is 9.34. The van der Waals surface area contributed by atoms with Gasteiger partial charge in [0.25, 0.3) is 0 Å². The first-order valence-corrected chi connectivity index (χ1v) is 5.99. The van der Waals surface area contributed by atoms with E-state index in [2.05, 4.69) is 30.0 Å². The highest BCUT2D eigenvalue weighted by Gasteiger charge is 2.31. The van der Waals surface area contributed by atoms with Gasteiger partial charge in [0.15, 0.2) is 0 Å². The van der Waals surface area contributed by atoms with Crippen LogP contribution in [-0.2, 0) is 0 Å². The Hall–Kier alpha value is -0.120. The molecule has 0 aromatic carbocycles. The predicted octanol–water partition coefficient (Wildman–Crippen LogP) is 0.877. The summed E-state index contributed by atoms with van der Waals surface area (Å²) in [5.74, 6) is 1.57. The molecule has 14 heavy (non-hydrogen) atoms. The minimum absolute atomic E-state index is 0.668.